The number of rotatable bonds is 4. The molecular formula is C11H13N3S. The van der Waals surface area contributed by atoms with Crippen molar-refractivity contribution in [3.05, 3.63) is 46.2 Å². The van der Waals surface area contributed by atoms with Crippen LogP contribution in [0.2, 0.25) is 0 Å². The number of hydrogen-bond acceptors (Lipinski definition) is 4. The van der Waals surface area contributed by atoms with E-state index in [1.54, 1.807) is 11.3 Å². The van der Waals surface area contributed by atoms with Gasteiger partial charge in [-0.15, -0.1) is 11.3 Å². The summed E-state index contributed by atoms with van der Waals surface area (Å²) in [5.41, 5.74) is 5.20. The third-order valence-corrected chi connectivity index (χ3v) is 2.70. The molecule has 0 radical (unpaired) electrons. The van der Waals surface area contributed by atoms with Gasteiger partial charge in [0.05, 0.1) is 16.9 Å². The minimum atomic E-state index is 0.789. The summed E-state index contributed by atoms with van der Waals surface area (Å²) in [4.78, 5) is 8.51. The minimum absolute atomic E-state index is 0.789. The summed E-state index contributed by atoms with van der Waals surface area (Å²) in [7, 11) is 0. The number of thiazole rings is 1. The van der Waals surface area contributed by atoms with Gasteiger partial charge in [-0.05, 0) is 18.6 Å². The minimum Gasteiger partial charge on any atom is -0.305 e. The lowest BCUT2D eigenvalue weighted by atomic mass is 10.3. The van der Waals surface area contributed by atoms with Gasteiger partial charge in [-0.25, -0.2) is 4.98 Å². The molecule has 78 valence electrons. The molecule has 0 aromatic carbocycles. The first kappa shape index (κ1) is 10.3. The van der Waals surface area contributed by atoms with E-state index in [4.69, 9.17) is 0 Å². The number of nitrogens with one attached hydrogen (secondary N) is 1. The first-order chi connectivity index (χ1) is 7.34. The van der Waals surface area contributed by atoms with E-state index in [0.29, 0.717) is 0 Å². The Bertz CT molecular complexity index is 394. The van der Waals surface area contributed by atoms with Gasteiger partial charge in [0.1, 0.15) is 0 Å². The van der Waals surface area contributed by atoms with E-state index in [9.17, 15) is 0 Å². The maximum Gasteiger partial charge on any atom is 0.0795 e. The lowest BCUT2D eigenvalue weighted by molar-refractivity contribution is 0.670. The van der Waals surface area contributed by atoms with Crippen LogP contribution in [0.3, 0.4) is 0 Å². The first-order valence-corrected chi connectivity index (χ1v) is 5.78. The standard InChI is InChI=1S/C11H13N3S/c1-9-2-3-10(13-4-9)5-12-6-11-7-15-8-14-11/h2-4,7-8,12H,5-6H2,1H3. The summed E-state index contributed by atoms with van der Waals surface area (Å²) in [6.07, 6.45) is 1.89. The SMILES string of the molecule is Cc1ccc(CNCc2cscn2)nc1. The zero-order valence-corrected chi connectivity index (χ0v) is 9.42. The second-order valence-electron chi connectivity index (χ2n) is 3.41. The van der Waals surface area contributed by atoms with E-state index in [-0.39, 0.29) is 0 Å². The van der Waals surface area contributed by atoms with E-state index < -0.39 is 0 Å². The van der Waals surface area contributed by atoms with Crippen LogP contribution in [-0.2, 0) is 13.1 Å². The fourth-order valence-corrected chi connectivity index (χ4v) is 1.80. The smallest absolute Gasteiger partial charge is 0.0795 e. The van der Waals surface area contributed by atoms with Gasteiger partial charge in [-0.1, -0.05) is 6.07 Å². The van der Waals surface area contributed by atoms with Crippen LogP contribution in [0.15, 0.2) is 29.2 Å². The van der Waals surface area contributed by atoms with Crippen LogP contribution in [0.5, 0.6) is 0 Å². The summed E-state index contributed by atoms with van der Waals surface area (Å²) in [6, 6.07) is 4.12. The zero-order chi connectivity index (χ0) is 10.5. The number of hydrogen-bond donors (Lipinski definition) is 1. The van der Waals surface area contributed by atoms with Gasteiger partial charge in [0.15, 0.2) is 0 Å². The lowest BCUT2D eigenvalue weighted by Crippen LogP contribution is -2.13. The molecule has 0 unspecified atom stereocenters. The molecule has 2 aromatic rings. The van der Waals surface area contributed by atoms with Gasteiger partial charge in [0.25, 0.3) is 0 Å². The van der Waals surface area contributed by atoms with Crippen molar-refractivity contribution in [1.29, 1.82) is 0 Å². The fraction of sp³-hybridized carbons (Fsp3) is 0.273. The van der Waals surface area contributed by atoms with Crippen LogP contribution in [0.25, 0.3) is 0 Å². The van der Waals surface area contributed by atoms with Crippen molar-refractivity contribution in [3.63, 3.8) is 0 Å². The molecule has 15 heavy (non-hydrogen) atoms. The zero-order valence-electron chi connectivity index (χ0n) is 8.60. The fourth-order valence-electron chi connectivity index (χ4n) is 1.25. The van der Waals surface area contributed by atoms with Crippen molar-refractivity contribution in [2.75, 3.05) is 0 Å². The van der Waals surface area contributed by atoms with Crippen molar-refractivity contribution in [3.8, 4) is 0 Å². The van der Waals surface area contributed by atoms with Gasteiger partial charge in [-0.3, -0.25) is 4.98 Å². The van der Waals surface area contributed by atoms with Crippen molar-refractivity contribution < 1.29 is 0 Å². The van der Waals surface area contributed by atoms with E-state index in [0.717, 1.165) is 24.5 Å². The molecule has 2 aromatic heterocycles. The van der Waals surface area contributed by atoms with Gasteiger partial charge in [0, 0.05) is 24.7 Å². The second kappa shape index (κ2) is 5.00. The monoisotopic (exact) mass is 219 g/mol. The number of aromatic nitrogens is 2. The van der Waals surface area contributed by atoms with Crippen LogP contribution < -0.4 is 5.32 Å². The Labute approximate surface area is 93.2 Å². The van der Waals surface area contributed by atoms with Crippen molar-refractivity contribution in [2.45, 2.75) is 20.0 Å². The van der Waals surface area contributed by atoms with Crippen molar-refractivity contribution in [1.82, 2.24) is 15.3 Å². The van der Waals surface area contributed by atoms with Crippen LogP contribution >= 0.6 is 11.3 Å². The summed E-state index contributed by atoms with van der Waals surface area (Å²) in [5.74, 6) is 0. The van der Waals surface area contributed by atoms with Crippen molar-refractivity contribution in [2.24, 2.45) is 0 Å². The van der Waals surface area contributed by atoms with Crippen LogP contribution in [0.1, 0.15) is 17.0 Å². The van der Waals surface area contributed by atoms with Gasteiger partial charge < -0.3 is 5.32 Å². The number of aryl methyl sites for hydroxylation is 1. The molecular weight excluding hydrogens is 206 g/mol. The highest BCUT2D eigenvalue weighted by molar-refractivity contribution is 7.07. The molecule has 1 N–H and O–H groups in total. The lowest BCUT2D eigenvalue weighted by Gasteiger charge is -2.02. The molecule has 0 amide bonds. The Balaban J connectivity index is 1.81. The predicted octanol–water partition coefficient (Wildman–Crippen LogP) is 2.14. The average Bonchev–Trinajstić information content (AvgIpc) is 2.74. The summed E-state index contributed by atoms with van der Waals surface area (Å²) in [5, 5.41) is 5.36. The molecule has 2 heterocycles. The van der Waals surface area contributed by atoms with E-state index in [1.165, 1.54) is 5.56 Å². The molecule has 0 fully saturated rings. The Morgan fingerprint density at radius 2 is 2.07 bits per heavy atom. The normalized spacial score (nSPS) is 10.5. The summed E-state index contributed by atoms with van der Waals surface area (Å²) < 4.78 is 0. The van der Waals surface area contributed by atoms with E-state index >= 15 is 0 Å². The summed E-state index contributed by atoms with van der Waals surface area (Å²) in [6.45, 7) is 3.64. The van der Waals surface area contributed by atoms with Crippen LogP contribution in [0, 0.1) is 6.92 Å². The molecule has 4 heteroatoms. The van der Waals surface area contributed by atoms with Gasteiger partial charge in [-0.2, -0.15) is 0 Å². The second-order valence-corrected chi connectivity index (χ2v) is 4.13. The van der Waals surface area contributed by atoms with Gasteiger partial charge in [0.2, 0.25) is 0 Å². The third-order valence-electron chi connectivity index (χ3n) is 2.07. The Morgan fingerprint density at radius 3 is 2.73 bits per heavy atom. The maximum absolute atomic E-state index is 4.32. The molecule has 0 saturated heterocycles. The molecule has 2 rings (SSSR count). The molecule has 0 aliphatic rings. The Kier molecular flexibility index (Phi) is 3.42. The number of pyridine rings is 1. The largest absolute Gasteiger partial charge is 0.305 e. The highest BCUT2D eigenvalue weighted by atomic mass is 32.1. The van der Waals surface area contributed by atoms with Crippen molar-refractivity contribution >= 4 is 11.3 Å². The average molecular weight is 219 g/mol. The molecule has 0 saturated carbocycles. The first-order valence-electron chi connectivity index (χ1n) is 4.84. The Hall–Kier alpha value is -1.26. The highest BCUT2D eigenvalue weighted by Crippen LogP contribution is 2.01. The molecule has 0 aliphatic heterocycles. The number of nitrogens with zero attached hydrogens (tertiary/aromatic N) is 2. The quantitative estimate of drug-likeness (QED) is 0.856. The topological polar surface area (TPSA) is 37.8 Å². The molecule has 3 nitrogen and oxygen atoms in total. The molecule has 0 spiro atoms. The van der Waals surface area contributed by atoms with E-state index in [2.05, 4.69) is 26.7 Å². The predicted molar refractivity (Wildman–Crippen MR) is 61.6 cm³/mol. The van der Waals surface area contributed by atoms with E-state index in [1.807, 2.05) is 24.7 Å². The van der Waals surface area contributed by atoms with Gasteiger partial charge >= 0.3 is 0 Å². The molecule has 0 aliphatic carbocycles. The molecule has 0 atom stereocenters. The highest BCUT2D eigenvalue weighted by Gasteiger charge is 1.96. The summed E-state index contributed by atoms with van der Waals surface area (Å²) >= 11 is 1.62. The maximum atomic E-state index is 4.32. The van der Waals surface area contributed by atoms with Crippen LogP contribution in [-0.4, -0.2) is 9.97 Å². The third kappa shape index (κ3) is 3.11. The Morgan fingerprint density at radius 1 is 1.20 bits per heavy atom. The van der Waals surface area contributed by atoms with Crippen LogP contribution in [0.4, 0.5) is 0 Å². The molecule has 0 bridgehead atoms.